The molecule has 4 rings (SSSR count). The standard InChI is InChI=1S/C23H24F5NO2S2/c1-2-17-11-14-13-22(10-9-21(14)29-32-17,19-12-16(24)5-8-20(19)25)33(30,31)18-6-3-15(4-7-18)23(26,27)28/h3-8,12,14,17,21,29H,2,9-11,13H2,1H3/t14-,17-,21+,22-/m1/s1. The van der Waals surface area contributed by atoms with Crippen molar-refractivity contribution in [2.75, 3.05) is 0 Å². The van der Waals surface area contributed by atoms with E-state index in [2.05, 4.69) is 4.72 Å². The molecule has 0 unspecified atom stereocenters. The number of nitrogens with one attached hydrogen (secondary N) is 1. The molecule has 1 N–H and O–H groups in total. The normalized spacial score (nSPS) is 28.4. The van der Waals surface area contributed by atoms with Gasteiger partial charge in [0.1, 0.15) is 16.4 Å². The molecule has 10 heteroatoms. The summed E-state index contributed by atoms with van der Waals surface area (Å²) in [6.45, 7) is 2.03. The first kappa shape index (κ1) is 24.5. The summed E-state index contributed by atoms with van der Waals surface area (Å²) < 4.78 is 97.8. The Labute approximate surface area is 194 Å². The Morgan fingerprint density at radius 2 is 1.82 bits per heavy atom. The Morgan fingerprint density at radius 3 is 2.45 bits per heavy atom. The molecule has 2 aliphatic rings. The van der Waals surface area contributed by atoms with E-state index in [0.717, 1.165) is 43.2 Å². The highest BCUT2D eigenvalue weighted by molar-refractivity contribution is 7.98. The Morgan fingerprint density at radius 1 is 1.12 bits per heavy atom. The molecule has 0 spiro atoms. The van der Waals surface area contributed by atoms with Crippen LogP contribution in [0.3, 0.4) is 0 Å². The highest BCUT2D eigenvalue weighted by Gasteiger charge is 2.54. The van der Waals surface area contributed by atoms with Gasteiger partial charge in [-0.2, -0.15) is 13.2 Å². The molecule has 2 aromatic carbocycles. The van der Waals surface area contributed by atoms with E-state index in [4.69, 9.17) is 0 Å². The molecule has 0 radical (unpaired) electrons. The molecule has 3 nitrogen and oxygen atoms in total. The summed E-state index contributed by atoms with van der Waals surface area (Å²) in [6, 6.07) is 6.02. The molecular weight excluding hydrogens is 481 g/mol. The van der Waals surface area contributed by atoms with Crippen LogP contribution in [0, 0.1) is 17.6 Å². The van der Waals surface area contributed by atoms with Gasteiger partial charge in [-0.15, -0.1) is 0 Å². The zero-order valence-electron chi connectivity index (χ0n) is 17.8. The van der Waals surface area contributed by atoms with Crippen LogP contribution in [0.5, 0.6) is 0 Å². The maximum absolute atomic E-state index is 15.0. The van der Waals surface area contributed by atoms with Crippen LogP contribution in [0.2, 0.25) is 0 Å². The van der Waals surface area contributed by atoms with Crippen LogP contribution in [0.4, 0.5) is 22.0 Å². The molecule has 1 saturated heterocycles. The molecule has 0 amide bonds. The Kier molecular flexibility index (Phi) is 6.56. The topological polar surface area (TPSA) is 46.2 Å². The van der Waals surface area contributed by atoms with Crippen molar-refractivity contribution in [3.63, 3.8) is 0 Å². The zero-order valence-corrected chi connectivity index (χ0v) is 19.5. The first-order valence-corrected chi connectivity index (χ1v) is 13.1. The van der Waals surface area contributed by atoms with Gasteiger partial charge < -0.3 is 0 Å². The lowest BCUT2D eigenvalue weighted by atomic mass is 9.72. The monoisotopic (exact) mass is 505 g/mol. The number of benzene rings is 2. The molecule has 4 atom stereocenters. The lowest BCUT2D eigenvalue weighted by Gasteiger charge is -2.47. The third-order valence-electron chi connectivity index (χ3n) is 6.85. The molecule has 180 valence electrons. The molecule has 0 aromatic heterocycles. The van der Waals surface area contributed by atoms with Gasteiger partial charge in [0, 0.05) is 16.9 Å². The number of alkyl halides is 3. The van der Waals surface area contributed by atoms with Gasteiger partial charge in [-0.3, -0.25) is 4.72 Å². The summed E-state index contributed by atoms with van der Waals surface area (Å²) in [5.41, 5.74) is -1.23. The molecule has 1 aliphatic carbocycles. The predicted molar refractivity (Wildman–Crippen MR) is 117 cm³/mol. The van der Waals surface area contributed by atoms with Gasteiger partial charge in [0.05, 0.1) is 10.5 Å². The fraction of sp³-hybridized carbons (Fsp3) is 0.478. The summed E-state index contributed by atoms with van der Waals surface area (Å²) in [5, 5.41) is 0.258. The smallest absolute Gasteiger partial charge is 0.261 e. The van der Waals surface area contributed by atoms with Gasteiger partial charge in [0.25, 0.3) is 0 Å². The maximum Gasteiger partial charge on any atom is 0.416 e. The van der Waals surface area contributed by atoms with Crippen LogP contribution in [-0.4, -0.2) is 19.7 Å². The average molecular weight is 506 g/mol. The average Bonchev–Trinajstić information content (AvgIpc) is 2.79. The van der Waals surface area contributed by atoms with E-state index in [1.807, 2.05) is 6.92 Å². The van der Waals surface area contributed by atoms with Crippen molar-refractivity contribution in [2.45, 2.75) is 66.1 Å². The fourth-order valence-electron chi connectivity index (χ4n) is 5.04. The van der Waals surface area contributed by atoms with Gasteiger partial charge in [-0.1, -0.05) is 18.9 Å². The Hall–Kier alpha value is -1.65. The molecule has 0 bridgehead atoms. The minimum absolute atomic E-state index is 0.0300. The van der Waals surface area contributed by atoms with E-state index < -0.39 is 38.0 Å². The summed E-state index contributed by atoms with van der Waals surface area (Å²) in [7, 11) is -4.36. The van der Waals surface area contributed by atoms with Crippen molar-refractivity contribution in [1.82, 2.24) is 4.72 Å². The van der Waals surface area contributed by atoms with E-state index in [0.29, 0.717) is 18.6 Å². The molecular formula is C23H24F5NO2S2. The minimum Gasteiger partial charge on any atom is -0.261 e. The van der Waals surface area contributed by atoms with Crippen LogP contribution >= 0.6 is 11.9 Å². The van der Waals surface area contributed by atoms with Crippen LogP contribution in [0.1, 0.15) is 50.2 Å². The maximum atomic E-state index is 15.0. The van der Waals surface area contributed by atoms with Crippen molar-refractivity contribution < 1.29 is 30.4 Å². The van der Waals surface area contributed by atoms with Crippen LogP contribution < -0.4 is 4.72 Å². The van der Waals surface area contributed by atoms with E-state index in [-0.39, 0.29) is 40.5 Å². The molecule has 1 saturated carbocycles. The first-order valence-electron chi connectivity index (χ1n) is 10.8. The van der Waals surface area contributed by atoms with Crippen LogP contribution in [0.15, 0.2) is 47.4 Å². The van der Waals surface area contributed by atoms with Crippen molar-refractivity contribution >= 4 is 21.8 Å². The van der Waals surface area contributed by atoms with Crippen LogP contribution in [0.25, 0.3) is 0 Å². The molecule has 1 aliphatic heterocycles. The number of halogens is 5. The van der Waals surface area contributed by atoms with Gasteiger partial charge >= 0.3 is 6.18 Å². The fourth-order valence-corrected chi connectivity index (χ4v) is 8.44. The van der Waals surface area contributed by atoms with E-state index >= 15 is 4.39 Å². The van der Waals surface area contributed by atoms with E-state index in [9.17, 15) is 26.0 Å². The van der Waals surface area contributed by atoms with Gasteiger partial charge in [0.15, 0.2) is 9.84 Å². The van der Waals surface area contributed by atoms with Gasteiger partial charge in [0.2, 0.25) is 0 Å². The van der Waals surface area contributed by atoms with Gasteiger partial charge in [-0.25, -0.2) is 17.2 Å². The molecule has 1 heterocycles. The van der Waals surface area contributed by atoms with Crippen molar-refractivity contribution in [1.29, 1.82) is 0 Å². The largest absolute Gasteiger partial charge is 0.416 e. The first-order chi connectivity index (χ1) is 15.5. The summed E-state index contributed by atoms with van der Waals surface area (Å²) in [4.78, 5) is -0.331. The number of hydrogen-bond acceptors (Lipinski definition) is 4. The third kappa shape index (κ3) is 4.41. The highest BCUT2D eigenvalue weighted by Crippen LogP contribution is 2.52. The summed E-state index contributed by atoms with van der Waals surface area (Å²) in [6.07, 6.45) is -2.52. The third-order valence-corrected chi connectivity index (χ3v) is 10.7. The van der Waals surface area contributed by atoms with Crippen molar-refractivity contribution in [3.05, 3.63) is 65.2 Å². The quantitative estimate of drug-likeness (QED) is 0.395. The highest BCUT2D eigenvalue weighted by atomic mass is 32.2. The molecule has 2 aromatic rings. The number of hydrogen-bond donors (Lipinski definition) is 1. The van der Waals surface area contributed by atoms with Crippen molar-refractivity contribution in [3.8, 4) is 0 Å². The predicted octanol–water partition coefficient (Wildman–Crippen LogP) is 6.24. The lowest BCUT2D eigenvalue weighted by molar-refractivity contribution is -0.137. The number of rotatable bonds is 4. The number of fused-ring (bicyclic) bond motifs is 1. The minimum atomic E-state index is -4.62. The molecule has 33 heavy (non-hydrogen) atoms. The summed E-state index contributed by atoms with van der Waals surface area (Å²) >= 11 is 1.62. The zero-order chi connectivity index (χ0) is 24.0. The van der Waals surface area contributed by atoms with Crippen molar-refractivity contribution in [2.24, 2.45) is 5.92 Å². The Balaban J connectivity index is 1.84. The lowest BCUT2D eigenvalue weighted by Crippen LogP contribution is -2.51. The second-order valence-corrected chi connectivity index (χ2v) is 12.2. The second kappa shape index (κ2) is 8.85. The summed E-state index contributed by atoms with van der Waals surface area (Å²) in [5.74, 6) is -1.70. The molecule has 2 fully saturated rings. The second-order valence-electron chi connectivity index (χ2n) is 8.76. The van der Waals surface area contributed by atoms with Gasteiger partial charge in [-0.05, 0) is 80.5 Å². The SMILES string of the molecule is CC[C@@H]1C[C@@H]2C[C@](c3cc(F)ccc3F)(S(=O)(=O)c3ccc(C(F)(F)F)cc3)CC[C@@H]2NS1. The number of sulfone groups is 1. The van der Waals surface area contributed by atoms with E-state index in [1.165, 1.54) is 0 Å². The van der Waals surface area contributed by atoms with E-state index in [1.54, 1.807) is 11.9 Å². The van der Waals surface area contributed by atoms with Crippen LogP contribution in [-0.2, 0) is 20.8 Å². The Bertz CT molecular complexity index is 1120.